The van der Waals surface area contributed by atoms with Crippen molar-refractivity contribution in [1.29, 1.82) is 0 Å². The van der Waals surface area contributed by atoms with E-state index in [-0.39, 0.29) is 13.2 Å². The highest BCUT2D eigenvalue weighted by atomic mass is 31.2. The fourth-order valence-electron chi connectivity index (χ4n) is 3.67. The molecule has 1 aromatic carbocycles. The molecule has 0 heterocycles. The molecule has 0 spiro atoms. The molecule has 0 aliphatic rings. The van der Waals surface area contributed by atoms with E-state index in [4.69, 9.17) is 18.5 Å². The van der Waals surface area contributed by atoms with Crippen LogP contribution in [-0.2, 0) is 25.0 Å². The Hall–Kier alpha value is -1.24. The van der Waals surface area contributed by atoms with E-state index in [1.165, 1.54) is 76.7 Å². The molecule has 0 saturated carbocycles. The number of benzene rings is 1. The second kappa shape index (κ2) is 22.0. The molecule has 0 fully saturated rings. The third-order valence-electron chi connectivity index (χ3n) is 5.61. The van der Waals surface area contributed by atoms with Crippen molar-refractivity contribution in [1.82, 2.24) is 5.32 Å². The van der Waals surface area contributed by atoms with Gasteiger partial charge in [-0.25, -0.2) is 0 Å². The number of nitrogens with one attached hydrogen (secondary N) is 1. The molecule has 0 aliphatic heterocycles. The average molecular weight is 514 g/mol. The van der Waals surface area contributed by atoms with Gasteiger partial charge in [-0.3, -0.25) is 4.79 Å². The fourth-order valence-corrected chi connectivity index (χ4v) is 4.28. The molecule has 202 valence electrons. The van der Waals surface area contributed by atoms with Gasteiger partial charge in [0.2, 0.25) is 0 Å². The highest BCUT2D eigenvalue weighted by molar-refractivity contribution is 7.40. The van der Waals surface area contributed by atoms with Crippen LogP contribution >= 0.6 is 8.60 Å². The van der Waals surface area contributed by atoms with E-state index in [0.29, 0.717) is 18.9 Å². The summed E-state index contributed by atoms with van der Waals surface area (Å²) in [7, 11) is -2.03. The minimum atomic E-state index is -2.03. The number of ether oxygens (including phenoxy) is 2. The third kappa shape index (κ3) is 18.7. The van der Waals surface area contributed by atoms with Gasteiger partial charge in [-0.1, -0.05) is 83.8 Å². The summed E-state index contributed by atoms with van der Waals surface area (Å²) in [6.07, 6.45) is 13.9. The Morgan fingerprint density at radius 2 is 1.54 bits per heavy atom. The number of unbranched alkanes of at least 4 members (excludes halogenated alkanes) is 9. The van der Waals surface area contributed by atoms with Gasteiger partial charge in [-0.15, -0.1) is 0 Å². The van der Waals surface area contributed by atoms with Gasteiger partial charge >= 0.3 is 14.6 Å². The lowest BCUT2D eigenvalue weighted by Crippen LogP contribution is -2.28. The molecule has 0 aliphatic carbocycles. The first-order valence-corrected chi connectivity index (χ1v) is 14.5. The van der Waals surface area contributed by atoms with Crippen molar-refractivity contribution in [2.75, 3.05) is 32.9 Å². The van der Waals surface area contributed by atoms with Crippen LogP contribution in [-0.4, -0.2) is 49.9 Å². The van der Waals surface area contributed by atoms with E-state index in [1.54, 1.807) is 0 Å². The number of likely N-dealkylation sites (N-methyl/N-ethyl adjacent to an activating group) is 1. The Bertz CT molecular complexity index is 631. The van der Waals surface area contributed by atoms with Crippen LogP contribution in [0.3, 0.4) is 0 Å². The maximum atomic E-state index is 11.4. The molecule has 0 amide bonds. The first-order valence-electron chi connectivity index (χ1n) is 13.4. The summed E-state index contributed by atoms with van der Waals surface area (Å²) < 4.78 is 21.6. The molecule has 0 bridgehead atoms. The summed E-state index contributed by atoms with van der Waals surface area (Å²) in [5.74, 6) is 0.284. The van der Waals surface area contributed by atoms with Crippen molar-refractivity contribution in [3.05, 3.63) is 29.8 Å². The highest BCUT2D eigenvalue weighted by Crippen LogP contribution is 2.32. The van der Waals surface area contributed by atoms with Gasteiger partial charge in [0, 0.05) is 13.5 Å². The molecular formula is C27H48NO6P. The molecule has 7 nitrogen and oxygen atoms in total. The van der Waals surface area contributed by atoms with Crippen molar-refractivity contribution >= 4 is 14.6 Å². The molecule has 2 atom stereocenters. The minimum absolute atomic E-state index is 0.000185. The monoisotopic (exact) mass is 513 g/mol. The second-order valence-corrected chi connectivity index (χ2v) is 9.83. The Morgan fingerprint density at radius 3 is 2.14 bits per heavy atom. The molecule has 0 aromatic heterocycles. The number of hydrogen-bond acceptors (Lipinski definition) is 7. The zero-order chi connectivity index (χ0) is 25.6. The standard InChI is InChI=1S/C27H48NO6P/c1-4-6-7-8-9-10-11-12-13-14-15-25-16-18-26(19-17-25)31-22-27(34-24(3)29)23-33-35(30)32-21-20-28-5-2/h16-19,27-28,30H,4-15,20-23H2,1-3H3. The summed E-state index contributed by atoms with van der Waals surface area (Å²) >= 11 is 0. The van der Waals surface area contributed by atoms with Crippen molar-refractivity contribution in [2.45, 2.75) is 97.5 Å². The predicted molar refractivity (Wildman–Crippen MR) is 143 cm³/mol. The summed E-state index contributed by atoms with van der Waals surface area (Å²) in [6, 6.07) is 8.07. The quantitative estimate of drug-likeness (QED) is 0.101. The van der Waals surface area contributed by atoms with Crippen LogP contribution in [0, 0.1) is 0 Å². The van der Waals surface area contributed by atoms with Crippen molar-refractivity contribution in [3.8, 4) is 5.75 Å². The summed E-state index contributed by atoms with van der Waals surface area (Å²) in [5, 5.41) is 3.09. The summed E-state index contributed by atoms with van der Waals surface area (Å²) in [5.41, 5.74) is 1.30. The van der Waals surface area contributed by atoms with Gasteiger partial charge in [-0.2, -0.15) is 0 Å². The van der Waals surface area contributed by atoms with Crippen LogP contribution in [0.4, 0.5) is 0 Å². The van der Waals surface area contributed by atoms with Gasteiger partial charge in [0.05, 0.1) is 13.2 Å². The normalized spacial score (nSPS) is 12.9. The summed E-state index contributed by atoms with van der Waals surface area (Å²) in [4.78, 5) is 21.2. The van der Waals surface area contributed by atoms with E-state index < -0.39 is 20.7 Å². The Balaban J connectivity index is 2.23. The summed E-state index contributed by atoms with van der Waals surface area (Å²) in [6.45, 7) is 7.54. The highest BCUT2D eigenvalue weighted by Gasteiger charge is 2.17. The number of carbonyl (C=O) groups is 1. The maximum Gasteiger partial charge on any atom is 0.330 e. The van der Waals surface area contributed by atoms with E-state index in [9.17, 15) is 9.69 Å². The Labute approximate surface area is 214 Å². The van der Waals surface area contributed by atoms with Gasteiger partial charge in [0.15, 0.2) is 6.10 Å². The molecule has 0 radical (unpaired) electrons. The first kappa shape index (κ1) is 31.8. The zero-order valence-electron chi connectivity index (χ0n) is 22.1. The van der Waals surface area contributed by atoms with E-state index in [0.717, 1.165) is 13.0 Å². The van der Waals surface area contributed by atoms with Gasteiger partial charge in [-0.05, 0) is 37.1 Å². The van der Waals surface area contributed by atoms with Gasteiger partial charge in [0.1, 0.15) is 12.4 Å². The number of esters is 1. The lowest BCUT2D eigenvalue weighted by molar-refractivity contribution is -0.149. The molecule has 2 unspecified atom stereocenters. The molecule has 1 aromatic rings. The number of hydrogen-bond donors (Lipinski definition) is 2. The topological polar surface area (TPSA) is 86.2 Å². The number of carbonyl (C=O) groups excluding carboxylic acids is 1. The smallest absolute Gasteiger partial charge is 0.330 e. The lowest BCUT2D eigenvalue weighted by atomic mass is 10.0. The molecular weight excluding hydrogens is 465 g/mol. The van der Waals surface area contributed by atoms with E-state index in [1.807, 2.05) is 19.1 Å². The first-order chi connectivity index (χ1) is 17.0. The van der Waals surface area contributed by atoms with Crippen molar-refractivity contribution in [3.63, 3.8) is 0 Å². The lowest BCUT2D eigenvalue weighted by Gasteiger charge is -2.19. The van der Waals surface area contributed by atoms with Crippen LogP contribution in [0.2, 0.25) is 0 Å². The SMILES string of the molecule is CCCCCCCCCCCCc1ccc(OCC(COP(O)OCCNCC)OC(C)=O)cc1. The third-order valence-corrected chi connectivity index (χ3v) is 6.39. The molecule has 8 heteroatoms. The van der Waals surface area contributed by atoms with Crippen LogP contribution < -0.4 is 10.1 Å². The van der Waals surface area contributed by atoms with Crippen molar-refractivity contribution < 1.29 is 28.2 Å². The molecule has 35 heavy (non-hydrogen) atoms. The fraction of sp³-hybridized carbons (Fsp3) is 0.741. The zero-order valence-corrected chi connectivity index (χ0v) is 23.0. The molecule has 1 rings (SSSR count). The van der Waals surface area contributed by atoms with Crippen LogP contribution in [0.15, 0.2) is 24.3 Å². The average Bonchev–Trinajstić information content (AvgIpc) is 2.85. The largest absolute Gasteiger partial charge is 0.490 e. The van der Waals surface area contributed by atoms with Crippen LogP contribution in [0.5, 0.6) is 5.75 Å². The second-order valence-electron chi connectivity index (χ2n) is 8.84. The van der Waals surface area contributed by atoms with E-state index in [2.05, 4.69) is 24.4 Å². The van der Waals surface area contributed by atoms with Gasteiger partial charge < -0.3 is 28.7 Å². The van der Waals surface area contributed by atoms with Crippen molar-refractivity contribution in [2.24, 2.45) is 0 Å². The maximum absolute atomic E-state index is 11.4. The van der Waals surface area contributed by atoms with E-state index >= 15 is 0 Å². The molecule has 2 N–H and O–H groups in total. The van der Waals surface area contributed by atoms with Crippen LogP contribution in [0.1, 0.15) is 90.5 Å². The predicted octanol–water partition coefficient (Wildman–Crippen LogP) is 6.32. The Kier molecular flexibility index (Phi) is 20.0. The molecule has 0 saturated heterocycles. The number of rotatable bonds is 23. The minimum Gasteiger partial charge on any atom is -0.490 e. The van der Waals surface area contributed by atoms with Crippen LogP contribution in [0.25, 0.3) is 0 Å². The Morgan fingerprint density at radius 1 is 0.914 bits per heavy atom. The number of aryl methyl sites for hydroxylation is 1. The van der Waals surface area contributed by atoms with Gasteiger partial charge in [0.25, 0.3) is 0 Å².